The van der Waals surface area contributed by atoms with Crippen molar-refractivity contribution < 1.29 is 8.78 Å². The van der Waals surface area contributed by atoms with Gasteiger partial charge in [-0.1, -0.05) is 6.08 Å². The SMILES string of the molecule is C/C=C(/c1ccn2ncc(C3CC(F)(F)C3)c2c1)c1cnc(NC)nc1C. The Kier molecular flexibility index (Phi) is 4.17. The van der Waals surface area contributed by atoms with E-state index in [1.165, 1.54) is 0 Å². The van der Waals surface area contributed by atoms with Gasteiger partial charge in [0.15, 0.2) is 0 Å². The standard InChI is InChI=1S/C20H21F2N5/c1-4-15(16-10-24-19(23-3)26-12(16)2)13-5-6-27-18(7-13)17(11-25-27)14-8-20(21,22)9-14/h4-7,10-11,14H,8-9H2,1-3H3,(H,23,24,26)/b15-4-. The summed E-state index contributed by atoms with van der Waals surface area (Å²) in [5.74, 6) is -2.11. The lowest BCUT2D eigenvalue weighted by atomic mass is 9.77. The third-order valence-electron chi connectivity index (χ3n) is 5.17. The number of aromatic nitrogens is 4. The molecule has 3 aromatic heterocycles. The van der Waals surface area contributed by atoms with E-state index in [1.807, 2.05) is 38.3 Å². The van der Waals surface area contributed by atoms with Gasteiger partial charge in [0.05, 0.1) is 17.4 Å². The number of halogens is 2. The molecular formula is C20H21F2N5. The molecule has 1 saturated carbocycles. The van der Waals surface area contributed by atoms with Crippen molar-refractivity contribution in [3.05, 3.63) is 59.2 Å². The van der Waals surface area contributed by atoms with Crippen LogP contribution in [-0.2, 0) is 0 Å². The quantitative estimate of drug-likeness (QED) is 0.739. The summed E-state index contributed by atoms with van der Waals surface area (Å²) in [6, 6.07) is 3.99. The van der Waals surface area contributed by atoms with Gasteiger partial charge in [-0.2, -0.15) is 5.10 Å². The minimum Gasteiger partial charge on any atom is -0.357 e. The first kappa shape index (κ1) is 17.6. The van der Waals surface area contributed by atoms with Crippen LogP contribution in [0.5, 0.6) is 0 Å². The zero-order valence-corrected chi connectivity index (χ0v) is 15.5. The van der Waals surface area contributed by atoms with Gasteiger partial charge in [-0.15, -0.1) is 0 Å². The van der Waals surface area contributed by atoms with E-state index in [-0.39, 0.29) is 18.8 Å². The Morgan fingerprint density at radius 2 is 2.11 bits per heavy atom. The Balaban J connectivity index is 1.74. The van der Waals surface area contributed by atoms with E-state index in [1.54, 1.807) is 24.0 Å². The lowest BCUT2D eigenvalue weighted by Gasteiger charge is -2.34. The monoisotopic (exact) mass is 369 g/mol. The number of nitrogens with one attached hydrogen (secondary N) is 1. The van der Waals surface area contributed by atoms with E-state index < -0.39 is 5.92 Å². The summed E-state index contributed by atoms with van der Waals surface area (Å²) in [4.78, 5) is 8.78. The number of nitrogens with zero attached hydrogens (tertiary/aromatic N) is 4. The van der Waals surface area contributed by atoms with Crippen LogP contribution in [0.3, 0.4) is 0 Å². The normalized spacial score (nSPS) is 17.1. The molecule has 3 heterocycles. The Bertz CT molecular complexity index is 1030. The van der Waals surface area contributed by atoms with Crippen LogP contribution in [0.25, 0.3) is 11.1 Å². The molecule has 4 rings (SSSR count). The Hall–Kier alpha value is -2.83. The number of anilines is 1. The van der Waals surface area contributed by atoms with Crippen molar-refractivity contribution in [2.24, 2.45) is 0 Å². The molecule has 0 unspecified atom stereocenters. The van der Waals surface area contributed by atoms with Crippen LogP contribution in [0.4, 0.5) is 14.7 Å². The van der Waals surface area contributed by atoms with E-state index in [0.717, 1.165) is 33.5 Å². The molecule has 0 aromatic carbocycles. The molecule has 5 nitrogen and oxygen atoms in total. The minimum atomic E-state index is -2.55. The number of hydrogen-bond acceptors (Lipinski definition) is 4. The number of aryl methyl sites for hydroxylation is 1. The molecule has 0 radical (unpaired) electrons. The van der Waals surface area contributed by atoms with E-state index in [9.17, 15) is 8.78 Å². The van der Waals surface area contributed by atoms with Crippen LogP contribution < -0.4 is 5.32 Å². The van der Waals surface area contributed by atoms with Crippen molar-refractivity contribution in [3.63, 3.8) is 0 Å². The molecule has 3 aromatic rings. The maximum atomic E-state index is 13.3. The number of fused-ring (bicyclic) bond motifs is 1. The van der Waals surface area contributed by atoms with E-state index >= 15 is 0 Å². The van der Waals surface area contributed by atoms with Crippen LogP contribution in [-0.4, -0.2) is 32.6 Å². The molecule has 0 amide bonds. The van der Waals surface area contributed by atoms with Crippen molar-refractivity contribution in [2.75, 3.05) is 12.4 Å². The van der Waals surface area contributed by atoms with Gasteiger partial charge >= 0.3 is 0 Å². The topological polar surface area (TPSA) is 55.1 Å². The highest BCUT2D eigenvalue weighted by atomic mass is 19.3. The fraction of sp³-hybridized carbons (Fsp3) is 0.350. The third kappa shape index (κ3) is 3.07. The van der Waals surface area contributed by atoms with Gasteiger partial charge in [0.2, 0.25) is 11.9 Å². The zero-order chi connectivity index (χ0) is 19.2. The largest absolute Gasteiger partial charge is 0.357 e. The van der Waals surface area contributed by atoms with Crippen LogP contribution >= 0.6 is 0 Å². The second-order valence-electron chi connectivity index (χ2n) is 6.95. The first-order valence-electron chi connectivity index (χ1n) is 8.95. The molecule has 1 aliphatic rings. The summed E-state index contributed by atoms with van der Waals surface area (Å²) in [6.45, 7) is 3.91. The Morgan fingerprint density at radius 3 is 2.74 bits per heavy atom. The van der Waals surface area contributed by atoms with Crippen LogP contribution in [0, 0.1) is 6.92 Å². The van der Waals surface area contributed by atoms with Crippen molar-refractivity contribution in [1.82, 2.24) is 19.6 Å². The van der Waals surface area contributed by atoms with Crippen molar-refractivity contribution in [2.45, 2.75) is 38.5 Å². The summed E-state index contributed by atoms with van der Waals surface area (Å²) in [5, 5.41) is 7.27. The number of alkyl halides is 2. The molecule has 0 aliphatic heterocycles. The van der Waals surface area contributed by atoms with Crippen LogP contribution in [0.15, 0.2) is 36.8 Å². The average molecular weight is 369 g/mol. The summed E-state index contributed by atoms with van der Waals surface area (Å²) < 4.78 is 28.4. The molecule has 0 spiro atoms. The van der Waals surface area contributed by atoms with Gasteiger partial charge in [-0.25, -0.2) is 23.3 Å². The molecule has 1 fully saturated rings. The molecular weight excluding hydrogens is 348 g/mol. The van der Waals surface area contributed by atoms with E-state index in [0.29, 0.717) is 5.95 Å². The molecule has 7 heteroatoms. The number of allylic oxidation sites excluding steroid dienone is 1. The number of hydrogen-bond donors (Lipinski definition) is 1. The molecule has 27 heavy (non-hydrogen) atoms. The molecule has 0 saturated heterocycles. The summed E-state index contributed by atoms with van der Waals surface area (Å²) in [7, 11) is 1.78. The second-order valence-corrected chi connectivity index (χ2v) is 6.95. The predicted octanol–water partition coefficient (Wildman–Crippen LogP) is 4.44. The van der Waals surface area contributed by atoms with Gasteiger partial charge in [0, 0.05) is 43.4 Å². The second kappa shape index (κ2) is 6.40. The zero-order valence-electron chi connectivity index (χ0n) is 15.5. The van der Waals surface area contributed by atoms with Crippen molar-refractivity contribution >= 4 is 17.0 Å². The fourth-order valence-electron chi connectivity index (χ4n) is 3.69. The minimum absolute atomic E-state index is 0.104. The molecule has 0 bridgehead atoms. The Morgan fingerprint density at radius 1 is 1.33 bits per heavy atom. The highest BCUT2D eigenvalue weighted by molar-refractivity contribution is 5.82. The molecule has 0 atom stereocenters. The van der Waals surface area contributed by atoms with E-state index in [2.05, 4.69) is 20.4 Å². The molecule has 1 N–H and O–H groups in total. The van der Waals surface area contributed by atoms with Crippen LogP contribution in [0.2, 0.25) is 0 Å². The maximum absolute atomic E-state index is 13.3. The van der Waals surface area contributed by atoms with Crippen molar-refractivity contribution in [1.29, 1.82) is 0 Å². The summed E-state index contributed by atoms with van der Waals surface area (Å²) in [6.07, 6.45) is 7.19. The van der Waals surface area contributed by atoms with E-state index in [4.69, 9.17) is 0 Å². The fourth-order valence-corrected chi connectivity index (χ4v) is 3.69. The first-order chi connectivity index (χ1) is 12.9. The summed E-state index contributed by atoms with van der Waals surface area (Å²) >= 11 is 0. The first-order valence-corrected chi connectivity index (χ1v) is 8.95. The highest BCUT2D eigenvalue weighted by Gasteiger charge is 2.46. The lowest BCUT2D eigenvalue weighted by molar-refractivity contribution is -0.0864. The van der Waals surface area contributed by atoms with Gasteiger partial charge in [-0.05, 0) is 43.0 Å². The Labute approximate surface area is 156 Å². The third-order valence-corrected chi connectivity index (χ3v) is 5.17. The highest BCUT2D eigenvalue weighted by Crippen LogP contribution is 2.49. The number of pyridine rings is 1. The average Bonchev–Trinajstić information content (AvgIpc) is 3.04. The molecule has 140 valence electrons. The van der Waals surface area contributed by atoms with Gasteiger partial charge in [-0.3, -0.25) is 0 Å². The smallest absolute Gasteiger partial charge is 0.249 e. The lowest BCUT2D eigenvalue weighted by Crippen LogP contribution is -2.33. The van der Waals surface area contributed by atoms with Gasteiger partial charge in [0.1, 0.15) is 0 Å². The number of rotatable bonds is 4. The molecule has 1 aliphatic carbocycles. The van der Waals surface area contributed by atoms with Gasteiger partial charge < -0.3 is 5.32 Å². The van der Waals surface area contributed by atoms with Crippen LogP contribution in [0.1, 0.15) is 48.1 Å². The maximum Gasteiger partial charge on any atom is 0.249 e. The van der Waals surface area contributed by atoms with Crippen molar-refractivity contribution in [3.8, 4) is 0 Å². The van der Waals surface area contributed by atoms with Gasteiger partial charge in [0.25, 0.3) is 0 Å². The summed E-state index contributed by atoms with van der Waals surface area (Å²) in [5.41, 5.74) is 5.56. The predicted molar refractivity (Wildman–Crippen MR) is 101 cm³/mol.